The summed E-state index contributed by atoms with van der Waals surface area (Å²) in [6.07, 6.45) is 2.88. The molecule has 1 amide bonds. The molecule has 2 rings (SSSR count). The van der Waals surface area contributed by atoms with Crippen LogP contribution < -0.4 is 5.73 Å². The predicted molar refractivity (Wildman–Crippen MR) is 70.2 cm³/mol. The molecule has 0 aromatic rings. The zero-order chi connectivity index (χ0) is 13.0. The van der Waals surface area contributed by atoms with Crippen LogP contribution in [0.4, 0.5) is 0 Å². The molecule has 2 aliphatic heterocycles. The molecule has 2 aliphatic rings. The van der Waals surface area contributed by atoms with Crippen LogP contribution in [-0.4, -0.2) is 68.2 Å². The summed E-state index contributed by atoms with van der Waals surface area (Å²) >= 11 is 0. The van der Waals surface area contributed by atoms with Crippen LogP contribution in [0, 0.1) is 5.92 Å². The van der Waals surface area contributed by atoms with E-state index in [0.29, 0.717) is 5.92 Å². The van der Waals surface area contributed by atoms with Crippen LogP contribution in [0.5, 0.6) is 0 Å². The van der Waals surface area contributed by atoms with Crippen molar-refractivity contribution in [2.24, 2.45) is 11.7 Å². The Morgan fingerprint density at radius 1 is 1.22 bits per heavy atom. The molecule has 1 atom stereocenters. The molecule has 1 unspecified atom stereocenters. The van der Waals surface area contributed by atoms with E-state index in [1.807, 2.05) is 4.90 Å². The normalized spacial score (nSPS) is 25.8. The molecule has 2 heterocycles. The molecule has 104 valence electrons. The van der Waals surface area contributed by atoms with E-state index < -0.39 is 0 Å². The average Bonchev–Trinajstić information content (AvgIpc) is 2.63. The van der Waals surface area contributed by atoms with Crippen LogP contribution in [0.1, 0.15) is 19.3 Å². The van der Waals surface area contributed by atoms with E-state index in [9.17, 15) is 4.79 Å². The van der Waals surface area contributed by atoms with Crippen molar-refractivity contribution < 1.29 is 9.53 Å². The van der Waals surface area contributed by atoms with Gasteiger partial charge in [0.05, 0.1) is 6.04 Å². The molecule has 2 fully saturated rings. The van der Waals surface area contributed by atoms with Crippen LogP contribution in [0.15, 0.2) is 0 Å². The Bertz CT molecular complexity index is 275. The number of nitrogens with two attached hydrogens (primary N) is 1. The molecule has 2 N–H and O–H groups in total. The Morgan fingerprint density at radius 3 is 2.67 bits per heavy atom. The van der Waals surface area contributed by atoms with E-state index in [0.717, 1.165) is 58.7 Å². The molecule has 5 nitrogen and oxygen atoms in total. The monoisotopic (exact) mass is 255 g/mol. The number of carbonyl (C=O) groups is 1. The van der Waals surface area contributed by atoms with Gasteiger partial charge in [0.25, 0.3) is 0 Å². The summed E-state index contributed by atoms with van der Waals surface area (Å²) in [5.74, 6) is 0.435. The first-order valence-corrected chi connectivity index (χ1v) is 6.99. The van der Waals surface area contributed by atoms with Gasteiger partial charge in [0, 0.05) is 32.8 Å². The summed E-state index contributed by atoms with van der Waals surface area (Å²) in [5, 5.41) is 0. The standard InChI is InChI=1S/C13H25N3O2/c1-15-5-2-6-16(8-7-15)13(17)12(14)11-3-9-18-10-4-11/h11-12H,2-10,14H2,1H3. The van der Waals surface area contributed by atoms with Gasteiger partial charge in [0.1, 0.15) is 0 Å². The maximum absolute atomic E-state index is 12.4. The van der Waals surface area contributed by atoms with E-state index in [2.05, 4.69) is 11.9 Å². The van der Waals surface area contributed by atoms with E-state index in [4.69, 9.17) is 10.5 Å². The largest absolute Gasteiger partial charge is 0.381 e. The third-order valence-corrected chi connectivity index (χ3v) is 4.09. The van der Waals surface area contributed by atoms with Crippen molar-refractivity contribution in [2.75, 3.05) is 46.4 Å². The van der Waals surface area contributed by atoms with E-state index >= 15 is 0 Å². The lowest BCUT2D eigenvalue weighted by molar-refractivity contribution is -0.134. The third-order valence-electron chi connectivity index (χ3n) is 4.09. The zero-order valence-corrected chi connectivity index (χ0v) is 11.3. The van der Waals surface area contributed by atoms with Gasteiger partial charge in [-0.1, -0.05) is 0 Å². The van der Waals surface area contributed by atoms with E-state index in [1.54, 1.807) is 0 Å². The summed E-state index contributed by atoms with van der Waals surface area (Å²) in [6, 6.07) is -0.336. The Hall–Kier alpha value is -0.650. The van der Waals surface area contributed by atoms with Crippen LogP contribution >= 0.6 is 0 Å². The van der Waals surface area contributed by atoms with Crippen molar-refractivity contribution in [3.63, 3.8) is 0 Å². The van der Waals surface area contributed by atoms with Gasteiger partial charge < -0.3 is 20.3 Å². The number of nitrogens with zero attached hydrogens (tertiary/aromatic N) is 2. The maximum atomic E-state index is 12.4. The number of rotatable bonds is 2. The van der Waals surface area contributed by atoms with Gasteiger partial charge in [-0.3, -0.25) is 4.79 Å². The van der Waals surface area contributed by atoms with Gasteiger partial charge in [-0.05, 0) is 38.8 Å². The minimum Gasteiger partial charge on any atom is -0.381 e. The Kier molecular flexibility index (Phi) is 4.97. The molecule has 2 saturated heterocycles. The second-order valence-corrected chi connectivity index (χ2v) is 5.46. The highest BCUT2D eigenvalue weighted by molar-refractivity contribution is 5.82. The molecule has 0 aromatic carbocycles. The van der Waals surface area contributed by atoms with Crippen molar-refractivity contribution in [1.29, 1.82) is 0 Å². The zero-order valence-electron chi connectivity index (χ0n) is 11.3. The summed E-state index contributed by atoms with van der Waals surface area (Å²) in [6.45, 7) is 5.16. The minimum atomic E-state index is -0.336. The number of likely N-dealkylation sites (N-methyl/N-ethyl adjacent to an activating group) is 1. The van der Waals surface area contributed by atoms with Crippen molar-refractivity contribution >= 4 is 5.91 Å². The Labute approximate surface area is 109 Å². The second kappa shape index (κ2) is 6.50. The molecule has 0 radical (unpaired) electrons. The summed E-state index contributed by atoms with van der Waals surface area (Å²) in [4.78, 5) is 16.6. The minimum absolute atomic E-state index is 0.136. The molecule has 0 aromatic heterocycles. The number of hydrogen-bond donors (Lipinski definition) is 1. The van der Waals surface area contributed by atoms with Crippen molar-refractivity contribution in [3.05, 3.63) is 0 Å². The van der Waals surface area contributed by atoms with Gasteiger partial charge in [-0.15, -0.1) is 0 Å². The Balaban J connectivity index is 1.88. The Morgan fingerprint density at radius 2 is 1.94 bits per heavy atom. The predicted octanol–water partition coefficient (Wildman–Crippen LogP) is -0.0956. The average molecular weight is 255 g/mol. The molecule has 5 heteroatoms. The van der Waals surface area contributed by atoms with Crippen LogP contribution in [0.3, 0.4) is 0 Å². The quantitative estimate of drug-likeness (QED) is 0.749. The van der Waals surface area contributed by atoms with Gasteiger partial charge in [-0.2, -0.15) is 0 Å². The van der Waals surface area contributed by atoms with Crippen LogP contribution in [0.2, 0.25) is 0 Å². The molecule has 0 bridgehead atoms. The van der Waals surface area contributed by atoms with Crippen molar-refractivity contribution in [1.82, 2.24) is 9.80 Å². The summed E-state index contributed by atoms with van der Waals surface area (Å²) < 4.78 is 5.32. The van der Waals surface area contributed by atoms with Gasteiger partial charge in [-0.25, -0.2) is 0 Å². The number of carbonyl (C=O) groups excluding carboxylic acids is 1. The highest BCUT2D eigenvalue weighted by Gasteiger charge is 2.30. The molecule has 0 aliphatic carbocycles. The van der Waals surface area contributed by atoms with E-state index in [-0.39, 0.29) is 11.9 Å². The lowest BCUT2D eigenvalue weighted by Gasteiger charge is -2.31. The first-order chi connectivity index (χ1) is 8.68. The van der Waals surface area contributed by atoms with E-state index in [1.165, 1.54) is 0 Å². The highest BCUT2D eigenvalue weighted by Crippen LogP contribution is 2.19. The summed E-state index contributed by atoms with van der Waals surface area (Å²) in [5.41, 5.74) is 6.15. The molecule has 0 spiro atoms. The molecule has 0 saturated carbocycles. The molecular weight excluding hydrogens is 230 g/mol. The van der Waals surface area contributed by atoms with Gasteiger partial charge in [0.2, 0.25) is 5.91 Å². The number of hydrogen-bond acceptors (Lipinski definition) is 4. The van der Waals surface area contributed by atoms with Crippen LogP contribution in [0.25, 0.3) is 0 Å². The van der Waals surface area contributed by atoms with Crippen molar-refractivity contribution in [3.8, 4) is 0 Å². The molecule has 18 heavy (non-hydrogen) atoms. The third kappa shape index (κ3) is 3.43. The van der Waals surface area contributed by atoms with Crippen LogP contribution in [-0.2, 0) is 9.53 Å². The maximum Gasteiger partial charge on any atom is 0.239 e. The number of amides is 1. The van der Waals surface area contributed by atoms with Gasteiger partial charge in [0.15, 0.2) is 0 Å². The first kappa shape index (κ1) is 13.8. The topological polar surface area (TPSA) is 58.8 Å². The first-order valence-electron chi connectivity index (χ1n) is 6.99. The fraction of sp³-hybridized carbons (Fsp3) is 0.923. The lowest BCUT2D eigenvalue weighted by Crippen LogP contribution is -2.49. The van der Waals surface area contributed by atoms with Gasteiger partial charge >= 0.3 is 0 Å². The van der Waals surface area contributed by atoms with Crippen molar-refractivity contribution in [2.45, 2.75) is 25.3 Å². The SMILES string of the molecule is CN1CCCN(C(=O)C(N)C2CCOCC2)CC1. The molecular formula is C13H25N3O2. The highest BCUT2D eigenvalue weighted by atomic mass is 16.5. The second-order valence-electron chi connectivity index (χ2n) is 5.46. The fourth-order valence-corrected chi connectivity index (χ4v) is 2.75. The summed E-state index contributed by atoms with van der Waals surface area (Å²) in [7, 11) is 2.10. The fourth-order valence-electron chi connectivity index (χ4n) is 2.75. The lowest BCUT2D eigenvalue weighted by atomic mass is 9.91. The number of ether oxygens (including phenoxy) is 1. The smallest absolute Gasteiger partial charge is 0.239 e.